The number of aryl methyl sites for hydroxylation is 1. The number of nitrogens with zero attached hydrogens (tertiary/aromatic N) is 1. The van der Waals surface area contributed by atoms with Gasteiger partial charge in [-0.15, -0.1) is 11.3 Å². The van der Waals surface area contributed by atoms with Gasteiger partial charge >= 0.3 is 5.97 Å². The Morgan fingerprint density at radius 2 is 1.91 bits per heavy atom. The smallest absolute Gasteiger partial charge is 0.339 e. The lowest BCUT2D eigenvalue weighted by atomic mass is 9.80. The van der Waals surface area contributed by atoms with Crippen molar-refractivity contribution in [2.45, 2.75) is 31.3 Å². The van der Waals surface area contributed by atoms with E-state index in [0.29, 0.717) is 10.6 Å². The standard InChI is InChI=1S/C26H26N2O4S/c1-32-21-13-28(14-21)20-8-4-7-19(12-20)24(29)27-25-23(26(30)31)22(15-33-25)18-10-9-16-5-2-3-6-17(16)11-18/h2-8,12,15,18,21H,9-11,13-14H2,1H3,(H,27,29)(H,30,31). The van der Waals surface area contributed by atoms with Gasteiger partial charge in [0.15, 0.2) is 0 Å². The van der Waals surface area contributed by atoms with Crippen molar-refractivity contribution in [3.8, 4) is 0 Å². The lowest BCUT2D eigenvalue weighted by Crippen LogP contribution is -2.51. The third-order valence-corrected chi connectivity index (χ3v) is 7.62. The van der Waals surface area contributed by atoms with Crippen LogP contribution in [0.3, 0.4) is 0 Å². The fraction of sp³-hybridized carbons (Fsp3) is 0.308. The summed E-state index contributed by atoms with van der Waals surface area (Å²) in [5, 5.41) is 15.2. The SMILES string of the molecule is COC1CN(c2cccc(C(=O)Nc3scc(C4CCc5ccccc5C4)c3C(=O)O)c2)C1. The maximum absolute atomic E-state index is 13.0. The van der Waals surface area contributed by atoms with Crippen LogP contribution in [0, 0.1) is 0 Å². The molecule has 0 saturated carbocycles. The van der Waals surface area contributed by atoms with Crippen LogP contribution in [0.1, 0.15) is 49.7 Å². The summed E-state index contributed by atoms with van der Waals surface area (Å²) >= 11 is 1.29. The van der Waals surface area contributed by atoms with Gasteiger partial charge in [0.25, 0.3) is 5.91 Å². The number of anilines is 2. The third kappa shape index (κ3) is 4.26. The fourth-order valence-corrected chi connectivity index (χ4v) is 5.79. The molecule has 7 heteroatoms. The predicted octanol–water partition coefficient (Wildman–Crippen LogP) is 4.81. The second-order valence-electron chi connectivity index (χ2n) is 8.68. The monoisotopic (exact) mass is 462 g/mol. The van der Waals surface area contributed by atoms with Crippen LogP contribution < -0.4 is 10.2 Å². The molecule has 1 aliphatic heterocycles. The Hall–Kier alpha value is -3.16. The zero-order valence-corrected chi connectivity index (χ0v) is 19.2. The number of carbonyl (C=O) groups is 2. The van der Waals surface area contributed by atoms with E-state index < -0.39 is 5.97 Å². The summed E-state index contributed by atoms with van der Waals surface area (Å²) in [7, 11) is 1.70. The minimum Gasteiger partial charge on any atom is -0.478 e. The number of fused-ring (bicyclic) bond motifs is 1. The molecule has 0 spiro atoms. The van der Waals surface area contributed by atoms with E-state index in [-0.39, 0.29) is 23.5 Å². The number of benzene rings is 2. The number of amides is 1. The number of carbonyl (C=O) groups excluding carboxylic acids is 1. The summed E-state index contributed by atoms with van der Waals surface area (Å²) < 4.78 is 5.33. The molecule has 2 heterocycles. The second kappa shape index (κ2) is 9.00. The van der Waals surface area contributed by atoms with Gasteiger partial charge in [-0.2, -0.15) is 0 Å². The first-order valence-electron chi connectivity index (χ1n) is 11.1. The molecule has 5 rings (SSSR count). The molecule has 2 N–H and O–H groups in total. The van der Waals surface area contributed by atoms with Crippen molar-refractivity contribution in [2.24, 2.45) is 0 Å². The van der Waals surface area contributed by atoms with Crippen LogP contribution >= 0.6 is 11.3 Å². The highest BCUT2D eigenvalue weighted by atomic mass is 32.1. The molecule has 2 aromatic carbocycles. The summed E-state index contributed by atoms with van der Waals surface area (Å²) in [6, 6.07) is 15.8. The summed E-state index contributed by atoms with van der Waals surface area (Å²) in [5.74, 6) is -1.16. The van der Waals surface area contributed by atoms with Gasteiger partial charge in [0.1, 0.15) is 5.00 Å². The summed E-state index contributed by atoms with van der Waals surface area (Å²) in [6.45, 7) is 1.59. The van der Waals surface area contributed by atoms with Crippen molar-refractivity contribution >= 4 is 33.9 Å². The Bertz CT molecular complexity index is 1200. The molecule has 1 fully saturated rings. The van der Waals surface area contributed by atoms with Crippen LogP contribution in [-0.4, -0.2) is 43.3 Å². The van der Waals surface area contributed by atoms with E-state index in [2.05, 4.69) is 22.3 Å². The maximum Gasteiger partial charge on any atom is 0.339 e. The Kier molecular flexibility index (Phi) is 5.91. The van der Waals surface area contributed by atoms with Crippen LogP contribution in [0.15, 0.2) is 53.9 Å². The van der Waals surface area contributed by atoms with Crippen molar-refractivity contribution in [1.29, 1.82) is 0 Å². The number of ether oxygens (including phenoxy) is 1. The van der Waals surface area contributed by atoms with Gasteiger partial charge in [-0.05, 0) is 65.4 Å². The Morgan fingerprint density at radius 3 is 2.67 bits per heavy atom. The van der Waals surface area contributed by atoms with E-state index in [1.54, 1.807) is 13.2 Å². The van der Waals surface area contributed by atoms with Crippen LogP contribution in [-0.2, 0) is 17.6 Å². The van der Waals surface area contributed by atoms with Gasteiger partial charge in [0.2, 0.25) is 0 Å². The van der Waals surface area contributed by atoms with Gasteiger partial charge < -0.3 is 20.1 Å². The van der Waals surface area contributed by atoms with Crippen LogP contribution in [0.2, 0.25) is 0 Å². The molecule has 1 unspecified atom stereocenters. The topological polar surface area (TPSA) is 78.9 Å². The Balaban J connectivity index is 1.35. The number of methoxy groups -OCH3 is 1. The molecule has 2 aliphatic rings. The molecule has 1 saturated heterocycles. The highest BCUT2D eigenvalue weighted by Gasteiger charge is 2.29. The van der Waals surface area contributed by atoms with E-state index in [1.165, 1.54) is 22.5 Å². The Morgan fingerprint density at radius 1 is 1.12 bits per heavy atom. The van der Waals surface area contributed by atoms with Crippen LogP contribution in [0.4, 0.5) is 10.7 Å². The molecule has 170 valence electrons. The van der Waals surface area contributed by atoms with Gasteiger partial charge in [-0.1, -0.05) is 30.3 Å². The number of nitrogens with one attached hydrogen (secondary N) is 1. The van der Waals surface area contributed by atoms with E-state index in [9.17, 15) is 14.7 Å². The number of aromatic carboxylic acids is 1. The molecular weight excluding hydrogens is 436 g/mol. The summed E-state index contributed by atoms with van der Waals surface area (Å²) in [4.78, 5) is 27.3. The van der Waals surface area contributed by atoms with Crippen LogP contribution in [0.5, 0.6) is 0 Å². The highest BCUT2D eigenvalue weighted by Crippen LogP contribution is 2.40. The molecule has 3 aromatic rings. The minimum absolute atomic E-state index is 0.136. The minimum atomic E-state index is -1.000. The van der Waals surface area contributed by atoms with Crippen molar-refractivity contribution in [1.82, 2.24) is 0 Å². The molecule has 0 bridgehead atoms. The van der Waals surface area contributed by atoms with Gasteiger partial charge in [0, 0.05) is 31.5 Å². The summed E-state index contributed by atoms with van der Waals surface area (Å²) in [5.41, 5.74) is 5.12. The quantitative estimate of drug-likeness (QED) is 0.550. The molecule has 1 atom stereocenters. The van der Waals surface area contributed by atoms with Crippen molar-refractivity contribution in [2.75, 3.05) is 30.4 Å². The van der Waals surface area contributed by atoms with Crippen molar-refractivity contribution < 1.29 is 19.4 Å². The largest absolute Gasteiger partial charge is 0.478 e. The molecular formula is C26H26N2O4S. The first-order valence-corrected chi connectivity index (χ1v) is 12.0. The van der Waals surface area contributed by atoms with Gasteiger partial charge in [-0.3, -0.25) is 4.79 Å². The second-order valence-corrected chi connectivity index (χ2v) is 9.56. The van der Waals surface area contributed by atoms with E-state index >= 15 is 0 Å². The normalized spacial score (nSPS) is 17.8. The number of rotatable bonds is 6. The average Bonchev–Trinajstić information content (AvgIpc) is 3.22. The molecule has 0 radical (unpaired) electrons. The average molecular weight is 463 g/mol. The van der Waals surface area contributed by atoms with E-state index in [4.69, 9.17) is 4.74 Å². The number of hydrogen-bond acceptors (Lipinski definition) is 5. The van der Waals surface area contributed by atoms with Crippen molar-refractivity contribution in [3.63, 3.8) is 0 Å². The number of carboxylic acid groups (broad SMARTS) is 1. The summed E-state index contributed by atoms with van der Waals surface area (Å²) in [6.07, 6.45) is 2.88. The van der Waals surface area contributed by atoms with Crippen LogP contribution in [0.25, 0.3) is 0 Å². The van der Waals surface area contributed by atoms with Gasteiger partial charge in [0.05, 0.1) is 11.7 Å². The number of hydrogen-bond donors (Lipinski definition) is 2. The highest BCUT2D eigenvalue weighted by molar-refractivity contribution is 7.15. The predicted molar refractivity (Wildman–Crippen MR) is 130 cm³/mol. The van der Waals surface area contributed by atoms with E-state index in [0.717, 1.165) is 43.6 Å². The zero-order chi connectivity index (χ0) is 22.9. The number of thiophene rings is 1. The Labute approximate surface area is 196 Å². The zero-order valence-electron chi connectivity index (χ0n) is 18.4. The molecule has 6 nitrogen and oxygen atoms in total. The van der Waals surface area contributed by atoms with Gasteiger partial charge in [-0.25, -0.2) is 4.79 Å². The fourth-order valence-electron chi connectivity index (χ4n) is 4.76. The lowest BCUT2D eigenvalue weighted by Gasteiger charge is -2.40. The first kappa shape index (κ1) is 21.7. The van der Waals surface area contributed by atoms with Crippen molar-refractivity contribution in [3.05, 3.63) is 81.7 Å². The lowest BCUT2D eigenvalue weighted by molar-refractivity contribution is 0.0696. The maximum atomic E-state index is 13.0. The first-order chi connectivity index (χ1) is 16.0. The third-order valence-electron chi connectivity index (χ3n) is 6.70. The molecule has 1 amide bonds. The number of carboxylic acids is 1. The molecule has 33 heavy (non-hydrogen) atoms. The molecule has 1 aromatic heterocycles. The van der Waals surface area contributed by atoms with E-state index in [1.807, 2.05) is 35.7 Å². The molecule has 1 aliphatic carbocycles.